The molecule has 1 aromatic rings. The summed E-state index contributed by atoms with van der Waals surface area (Å²) in [6.45, 7) is 4.63. The third-order valence-electron chi connectivity index (χ3n) is 2.52. The molecule has 0 fully saturated rings. The second kappa shape index (κ2) is 7.48. The summed E-state index contributed by atoms with van der Waals surface area (Å²) in [5.74, 6) is 0. The van der Waals surface area contributed by atoms with E-state index in [0.717, 1.165) is 37.4 Å². The lowest BCUT2D eigenvalue weighted by Gasteiger charge is -2.04. The molecule has 0 saturated carbocycles. The van der Waals surface area contributed by atoms with Gasteiger partial charge in [-0.1, -0.05) is 17.7 Å². The number of aromatic nitrogens is 2. The highest BCUT2D eigenvalue weighted by Crippen LogP contribution is 2.22. The SMILES string of the molecule is COCCNCC/C=C(/C)c1c(Cl)cnn1C. The van der Waals surface area contributed by atoms with Gasteiger partial charge in [-0.25, -0.2) is 0 Å². The third-order valence-corrected chi connectivity index (χ3v) is 2.80. The molecule has 0 bridgehead atoms. The Morgan fingerprint density at radius 1 is 1.59 bits per heavy atom. The van der Waals surface area contributed by atoms with Gasteiger partial charge >= 0.3 is 0 Å². The number of hydrogen-bond donors (Lipinski definition) is 1. The van der Waals surface area contributed by atoms with E-state index < -0.39 is 0 Å². The van der Waals surface area contributed by atoms with Gasteiger partial charge in [-0.2, -0.15) is 5.10 Å². The van der Waals surface area contributed by atoms with Gasteiger partial charge in [-0.05, 0) is 25.5 Å². The summed E-state index contributed by atoms with van der Waals surface area (Å²) in [5, 5.41) is 8.11. The fourth-order valence-electron chi connectivity index (χ4n) is 1.64. The first-order valence-electron chi connectivity index (χ1n) is 5.71. The van der Waals surface area contributed by atoms with Gasteiger partial charge in [-0.3, -0.25) is 4.68 Å². The fraction of sp³-hybridized carbons (Fsp3) is 0.583. The van der Waals surface area contributed by atoms with E-state index in [0.29, 0.717) is 5.02 Å². The average Bonchev–Trinajstić information content (AvgIpc) is 2.63. The van der Waals surface area contributed by atoms with E-state index in [9.17, 15) is 0 Å². The number of ether oxygens (including phenoxy) is 1. The first kappa shape index (κ1) is 14.2. The molecular weight excluding hydrogens is 238 g/mol. The quantitative estimate of drug-likeness (QED) is 0.761. The topological polar surface area (TPSA) is 39.1 Å². The molecule has 4 nitrogen and oxygen atoms in total. The fourth-order valence-corrected chi connectivity index (χ4v) is 1.96. The maximum Gasteiger partial charge on any atom is 0.0862 e. The standard InChI is InChI=1S/C12H20ClN3O/c1-10(5-4-6-14-7-8-17-3)12-11(13)9-15-16(12)2/h5,9,14H,4,6-8H2,1-3H3/b10-5-. The molecule has 0 atom stereocenters. The van der Waals surface area contributed by atoms with Crippen LogP contribution in [0.15, 0.2) is 12.3 Å². The van der Waals surface area contributed by atoms with Gasteiger partial charge in [0.2, 0.25) is 0 Å². The van der Waals surface area contributed by atoms with Crippen molar-refractivity contribution in [1.82, 2.24) is 15.1 Å². The van der Waals surface area contributed by atoms with E-state index in [1.165, 1.54) is 0 Å². The van der Waals surface area contributed by atoms with Crippen molar-refractivity contribution in [3.63, 3.8) is 0 Å². The summed E-state index contributed by atoms with van der Waals surface area (Å²) in [6.07, 6.45) is 4.81. The minimum absolute atomic E-state index is 0.702. The van der Waals surface area contributed by atoms with Crippen molar-refractivity contribution in [3.05, 3.63) is 23.0 Å². The van der Waals surface area contributed by atoms with Crippen molar-refractivity contribution in [2.45, 2.75) is 13.3 Å². The van der Waals surface area contributed by atoms with Crippen molar-refractivity contribution < 1.29 is 4.74 Å². The number of methoxy groups -OCH3 is 1. The highest BCUT2D eigenvalue weighted by atomic mass is 35.5. The molecule has 0 aliphatic rings. The molecule has 1 rings (SSSR count). The van der Waals surface area contributed by atoms with Crippen LogP contribution in [0.5, 0.6) is 0 Å². The van der Waals surface area contributed by atoms with Crippen LogP contribution in [0, 0.1) is 0 Å². The van der Waals surface area contributed by atoms with Gasteiger partial charge in [0.05, 0.1) is 23.5 Å². The third kappa shape index (κ3) is 4.50. The smallest absolute Gasteiger partial charge is 0.0862 e. The zero-order chi connectivity index (χ0) is 12.7. The van der Waals surface area contributed by atoms with Crippen molar-refractivity contribution in [3.8, 4) is 0 Å². The zero-order valence-corrected chi connectivity index (χ0v) is 11.4. The van der Waals surface area contributed by atoms with Gasteiger partial charge in [-0.15, -0.1) is 0 Å². The summed E-state index contributed by atoms with van der Waals surface area (Å²) >= 11 is 6.06. The van der Waals surface area contributed by atoms with Crippen LogP contribution >= 0.6 is 11.6 Å². The van der Waals surface area contributed by atoms with E-state index in [1.807, 2.05) is 7.05 Å². The number of allylic oxidation sites excluding steroid dienone is 1. The second-order valence-electron chi connectivity index (χ2n) is 3.88. The molecule has 0 aromatic carbocycles. The zero-order valence-electron chi connectivity index (χ0n) is 10.7. The van der Waals surface area contributed by atoms with E-state index in [4.69, 9.17) is 16.3 Å². The largest absolute Gasteiger partial charge is 0.383 e. The van der Waals surface area contributed by atoms with Crippen molar-refractivity contribution in [2.75, 3.05) is 26.8 Å². The summed E-state index contributed by atoms with van der Waals surface area (Å²) < 4.78 is 6.75. The minimum Gasteiger partial charge on any atom is -0.383 e. The van der Waals surface area contributed by atoms with Gasteiger partial charge in [0.15, 0.2) is 0 Å². The molecule has 17 heavy (non-hydrogen) atoms. The molecule has 5 heteroatoms. The first-order chi connectivity index (χ1) is 8.16. The lowest BCUT2D eigenvalue weighted by molar-refractivity contribution is 0.199. The molecule has 0 spiro atoms. The Balaban J connectivity index is 2.39. The minimum atomic E-state index is 0.702. The maximum atomic E-state index is 6.06. The van der Waals surface area contributed by atoms with E-state index >= 15 is 0 Å². The van der Waals surface area contributed by atoms with Crippen molar-refractivity contribution in [1.29, 1.82) is 0 Å². The van der Waals surface area contributed by atoms with Gasteiger partial charge in [0, 0.05) is 20.7 Å². The van der Waals surface area contributed by atoms with E-state index in [2.05, 4.69) is 23.4 Å². The lowest BCUT2D eigenvalue weighted by atomic mass is 10.2. The Labute approximate surface area is 108 Å². The number of nitrogens with zero attached hydrogens (tertiary/aromatic N) is 2. The molecule has 0 radical (unpaired) electrons. The van der Waals surface area contributed by atoms with Crippen LogP contribution in [0.4, 0.5) is 0 Å². The predicted octanol–water partition coefficient (Wildman–Crippen LogP) is 2.10. The number of halogens is 1. The Morgan fingerprint density at radius 2 is 2.35 bits per heavy atom. The Bertz CT molecular complexity index is 354. The van der Waals surface area contributed by atoms with Crippen LogP contribution in [-0.4, -0.2) is 36.6 Å². The summed E-state index contributed by atoms with van der Waals surface area (Å²) in [6, 6.07) is 0. The molecule has 0 aliphatic carbocycles. The second-order valence-corrected chi connectivity index (χ2v) is 4.29. The van der Waals surface area contributed by atoms with Gasteiger partial charge < -0.3 is 10.1 Å². The van der Waals surface area contributed by atoms with Gasteiger partial charge in [0.25, 0.3) is 0 Å². The maximum absolute atomic E-state index is 6.06. The number of aryl methyl sites for hydroxylation is 1. The number of rotatable bonds is 7. The van der Waals surface area contributed by atoms with E-state index in [1.54, 1.807) is 18.0 Å². The molecule has 1 N–H and O–H groups in total. The molecular formula is C12H20ClN3O. The lowest BCUT2D eigenvalue weighted by Crippen LogP contribution is -2.19. The highest BCUT2D eigenvalue weighted by Gasteiger charge is 2.07. The molecule has 0 saturated heterocycles. The Hall–Kier alpha value is -0.840. The van der Waals surface area contributed by atoms with Crippen LogP contribution in [0.2, 0.25) is 5.02 Å². The predicted molar refractivity (Wildman–Crippen MR) is 71.2 cm³/mol. The molecule has 1 heterocycles. The molecule has 0 amide bonds. The average molecular weight is 258 g/mol. The molecule has 1 aromatic heterocycles. The Kier molecular flexibility index (Phi) is 6.26. The highest BCUT2D eigenvalue weighted by molar-refractivity contribution is 6.32. The molecule has 0 unspecified atom stereocenters. The van der Waals surface area contributed by atoms with Crippen LogP contribution in [-0.2, 0) is 11.8 Å². The van der Waals surface area contributed by atoms with Crippen LogP contribution in [0.3, 0.4) is 0 Å². The Morgan fingerprint density at radius 3 is 2.94 bits per heavy atom. The summed E-state index contributed by atoms with van der Waals surface area (Å²) in [5.41, 5.74) is 2.15. The number of hydrogen-bond acceptors (Lipinski definition) is 3. The van der Waals surface area contributed by atoms with Gasteiger partial charge in [0.1, 0.15) is 0 Å². The molecule has 0 aliphatic heterocycles. The normalized spacial score (nSPS) is 12.1. The first-order valence-corrected chi connectivity index (χ1v) is 6.09. The van der Waals surface area contributed by atoms with E-state index in [-0.39, 0.29) is 0 Å². The summed E-state index contributed by atoms with van der Waals surface area (Å²) in [4.78, 5) is 0. The number of nitrogens with one attached hydrogen (secondary N) is 1. The van der Waals surface area contributed by atoms with Crippen LogP contribution < -0.4 is 5.32 Å². The van der Waals surface area contributed by atoms with Crippen LogP contribution in [0.1, 0.15) is 19.0 Å². The summed E-state index contributed by atoms with van der Waals surface area (Å²) in [7, 11) is 3.60. The van der Waals surface area contributed by atoms with Crippen molar-refractivity contribution >= 4 is 17.2 Å². The van der Waals surface area contributed by atoms with Crippen molar-refractivity contribution in [2.24, 2.45) is 7.05 Å². The monoisotopic (exact) mass is 257 g/mol. The van der Waals surface area contributed by atoms with Crippen LogP contribution in [0.25, 0.3) is 5.57 Å². The molecule has 96 valence electrons.